The van der Waals surface area contributed by atoms with E-state index in [4.69, 9.17) is 18.9 Å². The Kier molecular flexibility index (Phi) is 14.3. The van der Waals surface area contributed by atoms with Crippen LogP contribution in [0.25, 0.3) is 0 Å². The fourth-order valence-electron chi connectivity index (χ4n) is 4.88. The summed E-state index contributed by atoms with van der Waals surface area (Å²) in [7, 11) is 0. The van der Waals surface area contributed by atoms with Crippen LogP contribution in [-0.2, 0) is 0 Å². The molecule has 1 aliphatic heterocycles. The molecule has 0 fully saturated rings. The number of nitrogens with zero attached hydrogens (tertiary/aromatic N) is 4. The zero-order valence-corrected chi connectivity index (χ0v) is 27.5. The summed E-state index contributed by atoms with van der Waals surface area (Å²) in [6.45, 7) is 4.86. The molecule has 0 amide bonds. The first-order valence-corrected chi connectivity index (χ1v) is 16.7. The molecule has 8 nitrogen and oxygen atoms in total. The van der Waals surface area contributed by atoms with Gasteiger partial charge in [0, 0.05) is 99.0 Å². The number of ether oxygens (including phenoxy) is 4. The summed E-state index contributed by atoms with van der Waals surface area (Å²) in [5.74, 6) is 3.28. The van der Waals surface area contributed by atoms with Crippen molar-refractivity contribution in [2.24, 2.45) is 20.0 Å². The molecule has 0 radical (unpaired) electrons. The van der Waals surface area contributed by atoms with Gasteiger partial charge in [0.25, 0.3) is 0 Å². The molecule has 0 aliphatic carbocycles. The lowest BCUT2D eigenvalue weighted by molar-refractivity contribution is 0.312. The van der Waals surface area contributed by atoms with E-state index in [0.717, 1.165) is 70.9 Å². The highest BCUT2D eigenvalue weighted by Crippen LogP contribution is 2.19. The van der Waals surface area contributed by atoms with E-state index in [2.05, 4.69) is 20.0 Å². The number of benzene rings is 4. The Morgan fingerprint density at radius 3 is 0.792 bits per heavy atom. The van der Waals surface area contributed by atoms with Crippen LogP contribution >= 0.6 is 0 Å². The van der Waals surface area contributed by atoms with Gasteiger partial charge in [-0.1, -0.05) is 48.5 Å². The standard InChI is InChI=1S/C40H44N4O4/c1-5-17-37-33(13-1)29-41-21-9-26-46-38-18-6-2-15-35(38)31-43-23-11-28-48-40-20-8-4-16-36(40)32-44-24-12-27-47-39-19-7-3-14-34(39)30-42-22-10-25-45-37/h1-8,13-20,29-32H,9-12,21-28H2. The van der Waals surface area contributed by atoms with Crippen LogP contribution in [0.1, 0.15) is 47.9 Å². The maximum Gasteiger partial charge on any atom is 0.128 e. The van der Waals surface area contributed by atoms with Gasteiger partial charge in [-0.2, -0.15) is 0 Å². The largest absolute Gasteiger partial charge is 0.493 e. The van der Waals surface area contributed by atoms with Crippen molar-refractivity contribution < 1.29 is 18.9 Å². The molecule has 1 heterocycles. The summed E-state index contributed by atoms with van der Waals surface area (Å²) in [6.07, 6.45) is 10.7. The van der Waals surface area contributed by atoms with Gasteiger partial charge >= 0.3 is 0 Å². The van der Waals surface area contributed by atoms with E-state index in [0.29, 0.717) is 52.6 Å². The first kappa shape index (κ1) is 34.1. The van der Waals surface area contributed by atoms with Crippen LogP contribution in [0, 0.1) is 0 Å². The topological polar surface area (TPSA) is 86.4 Å². The van der Waals surface area contributed by atoms with Crippen LogP contribution in [0.3, 0.4) is 0 Å². The molecular formula is C40H44N4O4. The molecule has 4 aromatic carbocycles. The fourth-order valence-corrected chi connectivity index (χ4v) is 4.88. The fraction of sp³-hybridized carbons (Fsp3) is 0.300. The summed E-state index contributed by atoms with van der Waals surface area (Å²) in [5.41, 5.74) is 3.84. The number of fused-ring (bicyclic) bond motifs is 4. The highest BCUT2D eigenvalue weighted by Gasteiger charge is 2.04. The monoisotopic (exact) mass is 644 g/mol. The second-order valence-electron chi connectivity index (χ2n) is 11.1. The van der Waals surface area contributed by atoms with E-state index in [1.807, 2.05) is 122 Å². The van der Waals surface area contributed by atoms with E-state index in [9.17, 15) is 0 Å². The van der Waals surface area contributed by atoms with Crippen molar-refractivity contribution in [2.45, 2.75) is 25.7 Å². The lowest BCUT2D eigenvalue weighted by Gasteiger charge is -2.10. The molecule has 0 spiro atoms. The molecule has 0 atom stereocenters. The average Bonchev–Trinajstić information content (AvgIpc) is 3.12. The number of rotatable bonds is 0. The zero-order chi connectivity index (χ0) is 32.9. The number of hydrogen-bond acceptors (Lipinski definition) is 8. The van der Waals surface area contributed by atoms with Crippen molar-refractivity contribution in [1.29, 1.82) is 0 Å². The Morgan fingerprint density at radius 1 is 0.312 bits per heavy atom. The minimum atomic E-state index is 0.564. The third-order valence-corrected chi connectivity index (χ3v) is 7.35. The van der Waals surface area contributed by atoms with Gasteiger partial charge in [0.2, 0.25) is 0 Å². The average molecular weight is 645 g/mol. The van der Waals surface area contributed by atoms with Gasteiger partial charge in [0.1, 0.15) is 23.0 Å². The molecule has 0 saturated heterocycles. The normalized spacial score (nSPS) is 15.7. The molecule has 0 saturated carbocycles. The predicted molar refractivity (Wildman–Crippen MR) is 196 cm³/mol. The Morgan fingerprint density at radius 2 is 0.542 bits per heavy atom. The Bertz CT molecular complexity index is 1420. The predicted octanol–water partition coefficient (Wildman–Crippen LogP) is 7.55. The Hall–Kier alpha value is -5.24. The van der Waals surface area contributed by atoms with Crippen molar-refractivity contribution in [3.63, 3.8) is 0 Å². The van der Waals surface area contributed by atoms with Crippen LogP contribution < -0.4 is 18.9 Å². The molecule has 0 N–H and O–H groups in total. The van der Waals surface area contributed by atoms with Gasteiger partial charge in [-0.05, 0) is 48.5 Å². The van der Waals surface area contributed by atoms with Crippen LogP contribution in [0.5, 0.6) is 23.0 Å². The van der Waals surface area contributed by atoms with E-state index >= 15 is 0 Å². The minimum Gasteiger partial charge on any atom is -0.493 e. The van der Waals surface area contributed by atoms with Crippen LogP contribution in [0.15, 0.2) is 117 Å². The van der Waals surface area contributed by atoms with Crippen LogP contribution in [0.4, 0.5) is 0 Å². The van der Waals surface area contributed by atoms with Gasteiger partial charge in [-0.25, -0.2) is 0 Å². The van der Waals surface area contributed by atoms with Gasteiger partial charge in [0.05, 0.1) is 26.4 Å². The maximum absolute atomic E-state index is 6.08. The van der Waals surface area contributed by atoms with E-state index in [1.54, 1.807) is 0 Å². The minimum absolute atomic E-state index is 0.564. The third-order valence-electron chi connectivity index (χ3n) is 7.35. The third kappa shape index (κ3) is 11.5. The van der Waals surface area contributed by atoms with E-state index < -0.39 is 0 Å². The van der Waals surface area contributed by atoms with Crippen LogP contribution in [-0.4, -0.2) is 77.5 Å². The van der Waals surface area contributed by atoms with Gasteiger partial charge in [0.15, 0.2) is 0 Å². The number of para-hydroxylation sites is 4. The molecule has 0 aromatic heterocycles. The summed E-state index contributed by atoms with van der Waals surface area (Å²) >= 11 is 0. The van der Waals surface area contributed by atoms with E-state index in [1.165, 1.54) is 0 Å². The van der Waals surface area contributed by atoms with Crippen molar-refractivity contribution in [3.8, 4) is 23.0 Å². The highest BCUT2D eigenvalue weighted by molar-refractivity contribution is 5.85. The lowest BCUT2D eigenvalue weighted by Crippen LogP contribution is -2.04. The molecule has 48 heavy (non-hydrogen) atoms. The molecule has 8 heteroatoms. The summed E-state index contributed by atoms with van der Waals surface area (Å²) < 4.78 is 24.3. The Labute approximate surface area is 283 Å². The molecule has 4 aromatic rings. The van der Waals surface area contributed by atoms with Gasteiger partial charge in [-0.15, -0.1) is 0 Å². The molecular weight excluding hydrogens is 600 g/mol. The van der Waals surface area contributed by atoms with Crippen molar-refractivity contribution in [1.82, 2.24) is 0 Å². The molecule has 0 bridgehead atoms. The smallest absolute Gasteiger partial charge is 0.128 e. The summed E-state index contributed by atoms with van der Waals surface area (Å²) in [4.78, 5) is 18.5. The second-order valence-corrected chi connectivity index (χ2v) is 11.1. The number of aliphatic imine (C=N–C) groups is 4. The molecule has 248 valence electrons. The van der Waals surface area contributed by atoms with Crippen molar-refractivity contribution in [2.75, 3.05) is 52.6 Å². The SMILES string of the molecule is C1=NCCCOc2ccccc2C=NCCCOc2ccccc2C=NCCCOc2ccccc2C=NCCCOc2ccccc21. The van der Waals surface area contributed by atoms with E-state index in [-0.39, 0.29) is 0 Å². The highest BCUT2D eigenvalue weighted by atomic mass is 16.5. The lowest BCUT2D eigenvalue weighted by atomic mass is 10.2. The van der Waals surface area contributed by atoms with Gasteiger partial charge < -0.3 is 18.9 Å². The second kappa shape index (κ2) is 20.1. The quantitative estimate of drug-likeness (QED) is 0.198. The zero-order valence-electron chi connectivity index (χ0n) is 27.5. The summed E-state index contributed by atoms with van der Waals surface area (Å²) in [6, 6.07) is 31.9. The molecule has 1 aliphatic rings. The van der Waals surface area contributed by atoms with Crippen molar-refractivity contribution in [3.05, 3.63) is 119 Å². The van der Waals surface area contributed by atoms with Crippen LogP contribution in [0.2, 0.25) is 0 Å². The molecule has 5 rings (SSSR count). The van der Waals surface area contributed by atoms with Gasteiger partial charge in [-0.3, -0.25) is 20.0 Å². The first-order valence-electron chi connectivity index (χ1n) is 16.7. The number of hydrogen-bond donors (Lipinski definition) is 0. The summed E-state index contributed by atoms with van der Waals surface area (Å²) in [5, 5.41) is 0. The Balaban J connectivity index is 1.21. The first-order chi connectivity index (χ1) is 23.9. The van der Waals surface area contributed by atoms with Crippen molar-refractivity contribution >= 4 is 24.9 Å². The maximum atomic E-state index is 6.08. The molecule has 0 unspecified atom stereocenters.